The van der Waals surface area contributed by atoms with Gasteiger partial charge in [-0.1, -0.05) is 19.4 Å². The molecule has 0 heterocycles. The van der Waals surface area contributed by atoms with Crippen molar-refractivity contribution in [2.45, 2.75) is 32.5 Å². The number of rotatable bonds is 6. The number of aliphatic hydroxyl groups excluding tert-OH is 1. The van der Waals surface area contributed by atoms with Crippen LogP contribution >= 0.6 is 0 Å². The number of aliphatic hydroxyl groups is 1. The van der Waals surface area contributed by atoms with Crippen LogP contribution in [0.1, 0.15) is 26.2 Å². The molecular weight excluding hydrogens is 128 g/mol. The summed E-state index contributed by atoms with van der Waals surface area (Å²) in [6.45, 7) is 6.00. The van der Waals surface area contributed by atoms with Crippen molar-refractivity contribution < 1.29 is 9.84 Å². The van der Waals surface area contributed by atoms with Crippen LogP contribution in [0.4, 0.5) is 0 Å². The zero-order chi connectivity index (χ0) is 7.82. The molecule has 1 N–H and O–H groups in total. The Balaban J connectivity index is 3.07. The van der Waals surface area contributed by atoms with Gasteiger partial charge in [-0.15, -0.1) is 6.58 Å². The second kappa shape index (κ2) is 6.78. The van der Waals surface area contributed by atoms with Crippen molar-refractivity contribution in [3.8, 4) is 0 Å². The Morgan fingerprint density at radius 3 is 2.90 bits per heavy atom. The maximum atomic E-state index is 9.04. The molecule has 0 aliphatic rings. The predicted molar refractivity (Wildman–Crippen MR) is 41.7 cm³/mol. The highest BCUT2D eigenvalue weighted by molar-refractivity contribution is 4.64. The van der Waals surface area contributed by atoms with Crippen LogP contribution in [-0.2, 0) is 4.74 Å². The summed E-state index contributed by atoms with van der Waals surface area (Å²) in [6.07, 6.45) is 3.87. The molecule has 0 amide bonds. The Kier molecular flexibility index (Phi) is 6.55. The molecular formula is C8H16O2. The normalized spacial score (nSPS) is 13.0. The van der Waals surface area contributed by atoms with Crippen molar-refractivity contribution in [3.63, 3.8) is 0 Å². The lowest BCUT2D eigenvalue weighted by Crippen LogP contribution is -2.11. The van der Waals surface area contributed by atoms with Gasteiger partial charge in [0.25, 0.3) is 0 Å². The van der Waals surface area contributed by atoms with E-state index in [1.807, 2.05) is 0 Å². The number of hydrogen-bond donors (Lipinski definition) is 1. The molecule has 2 nitrogen and oxygen atoms in total. The summed E-state index contributed by atoms with van der Waals surface area (Å²) < 4.78 is 4.93. The van der Waals surface area contributed by atoms with Crippen molar-refractivity contribution in [2.75, 3.05) is 6.61 Å². The summed E-state index contributed by atoms with van der Waals surface area (Å²) >= 11 is 0. The first-order valence-corrected chi connectivity index (χ1v) is 3.71. The Hall–Kier alpha value is -0.340. The third-order valence-corrected chi connectivity index (χ3v) is 1.21. The third-order valence-electron chi connectivity index (χ3n) is 1.21. The van der Waals surface area contributed by atoms with E-state index in [0.717, 1.165) is 19.3 Å². The highest BCUT2D eigenvalue weighted by Crippen LogP contribution is 2.00. The summed E-state index contributed by atoms with van der Waals surface area (Å²) in [4.78, 5) is 0. The van der Waals surface area contributed by atoms with E-state index in [9.17, 15) is 0 Å². The lowest BCUT2D eigenvalue weighted by atomic mass is 10.2. The minimum absolute atomic E-state index is 0.435. The number of hydrogen-bond acceptors (Lipinski definition) is 2. The van der Waals surface area contributed by atoms with E-state index >= 15 is 0 Å². The van der Waals surface area contributed by atoms with Crippen LogP contribution in [0.5, 0.6) is 0 Å². The molecule has 2 heteroatoms. The summed E-state index contributed by atoms with van der Waals surface area (Å²) in [5.41, 5.74) is 0. The predicted octanol–water partition coefficient (Wildman–Crippen LogP) is 1.70. The van der Waals surface area contributed by atoms with Gasteiger partial charge in [0.2, 0.25) is 0 Å². The van der Waals surface area contributed by atoms with Gasteiger partial charge in [-0.05, 0) is 12.8 Å². The van der Waals surface area contributed by atoms with Crippen LogP contribution in [0, 0.1) is 0 Å². The van der Waals surface area contributed by atoms with Gasteiger partial charge in [0, 0.05) is 0 Å². The molecule has 0 fully saturated rings. The molecule has 10 heavy (non-hydrogen) atoms. The molecule has 0 rings (SSSR count). The van der Waals surface area contributed by atoms with E-state index in [1.165, 1.54) is 0 Å². The van der Waals surface area contributed by atoms with Crippen molar-refractivity contribution in [1.82, 2.24) is 0 Å². The van der Waals surface area contributed by atoms with Gasteiger partial charge >= 0.3 is 0 Å². The van der Waals surface area contributed by atoms with E-state index in [4.69, 9.17) is 9.84 Å². The van der Waals surface area contributed by atoms with Gasteiger partial charge in [0.15, 0.2) is 6.29 Å². The van der Waals surface area contributed by atoms with Crippen LogP contribution in [0.15, 0.2) is 12.7 Å². The smallest absolute Gasteiger partial charge is 0.154 e. The summed E-state index contributed by atoms with van der Waals surface area (Å²) in [5, 5.41) is 9.04. The van der Waals surface area contributed by atoms with Gasteiger partial charge in [-0.25, -0.2) is 0 Å². The first kappa shape index (κ1) is 9.66. The lowest BCUT2D eigenvalue weighted by Gasteiger charge is -2.08. The zero-order valence-corrected chi connectivity index (χ0v) is 6.55. The van der Waals surface area contributed by atoms with E-state index < -0.39 is 6.29 Å². The van der Waals surface area contributed by atoms with Gasteiger partial charge in [-0.3, -0.25) is 0 Å². The molecule has 0 aromatic heterocycles. The van der Waals surface area contributed by atoms with E-state index in [-0.39, 0.29) is 0 Å². The summed E-state index contributed by atoms with van der Waals surface area (Å²) in [7, 11) is 0. The largest absolute Gasteiger partial charge is 0.368 e. The first-order valence-electron chi connectivity index (χ1n) is 3.71. The van der Waals surface area contributed by atoms with Crippen LogP contribution < -0.4 is 0 Å². The highest BCUT2D eigenvalue weighted by Gasteiger charge is 1.99. The van der Waals surface area contributed by atoms with Gasteiger partial charge in [-0.2, -0.15) is 0 Å². The maximum Gasteiger partial charge on any atom is 0.154 e. The molecule has 0 bridgehead atoms. The van der Waals surface area contributed by atoms with Crippen molar-refractivity contribution in [1.29, 1.82) is 0 Å². The van der Waals surface area contributed by atoms with Crippen molar-refractivity contribution in [3.05, 3.63) is 12.7 Å². The monoisotopic (exact) mass is 144 g/mol. The minimum atomic E-state index is -0.599. The fourth-order valence-corrected chi connectivity index (χ4v) is 0.641. The van der Waals surface area contributed by atoms with Crippen LogP contribution in [0.3, 0.4) is 0 Å². The minimum Gasteiger partial charge on any atom is -0.368 e. The Morgan fingerprint density at radius 2 is 2.40 bits per heavy atom. The molecule has 1 atom stereocenters. The fraction of sp³-hybridized carbons (Fsp3) is 0.750. The average molecular weight is 144 g/mol. The van der Waals surface area contributed by atoms with Crippen LogP contribution in [0.2, 0.25) is 0 Å². The van der Waals surface area contributed by atoms with Crippen molar-refractivity contribution in [2.24, 2.45) is 0 Å². The molecule has 0 spiro atoms. The highest BCUT2D eigenvalue weighted by atomic mass is 16.6. The topological polar surface area (TPSA) is 29.5 Å². The third kappa shape index (κ3) is 5.79. The standard InChI is InChI=1S/C8H16O2/c1-3-5-6-8(9)10-7-4-2/h4,8-9H,2-3,5-7H2,1H3. The summed E-state index contributed by atoms with van der Waals surface area (Å²) in [6, 6.07) is 0. The van der Waals surface area contributed by atoms with Crippen LogP contribution in [-0.4, -0.2) is 18.0 Å². The average Bonchev–Trinajstić information content (AvgIpc) is 1.97. The quantitative estimate of drug-likeness (QED) is 0.454. The number of ether oxygens (including phenoxy) is 1. The van der Waals surface area contributed by atoms with E-state index in [2.05, 4.69) is 13.5 Å². The molecule has 0 radical (unpaired) electrons. The Morgan fingerprint density at radius 1 is 1.70 bits per heavy atom. The van der Waals surface area contributed by atoms with Crippen molar-refractivity contribution >= 4 is 0 Å². The van der Waals surface area contributed by atoms with Gasteiger partial charge < -0.3 is 9.84 Å². The molecule has 0 saturated carbocycles. The molecule has 60 valence electrons. The molecule has 0 aliphatic carbocycles. The van der Waals surface area contributed by atoms with E-state index in [1.54, 1.807) is 6.08 Å². The number of unbranched alkanes of at least 4 members (excludes halogenated alkanes) is 1. The fourth-order valence-electron chi connectivity index (χ4n) is 0.641. The lowest BCUT2D eigenvalue weighted by molar-refractivity contribution is -0.0935. The SMILES string of the molecule is C=CCOC(O)CCCC. The molecule has 0 aromatic carbocycles. The molecule has 1 unspecified atom stereocenters. The first-order chi connectivity index (χ1) is 4.81. The second-order valence-corrected chi connectivity index (χ2v) is 2.22. The zero-order valence-electron chi connectivity index (χ0n) is 6.55. The second-order valence-electron chi connectivity index (χ2n) is 2.22. The maximum absolute atomic E-state index is 9.04. The van der Waals surface area contributed by atoms with Crippen LogP contribution in [0.25, 0.3) is 0 Å². The Labute approximate surface area is 62.5 Å². The summed E-state index contributed by atoms with van der Waals surface area (Å²) in [5.74, 6) is 0. The van der Waals surface area contributed by atoms with E-state index in [0.29, 0.717) is 6.61 Å². The van der Waals surface area contributed by atoms with Gasteiger partial charge in [0.05, 0.1) is 6.61 Å². The van der Waals surface area contributed by atoms with Gasteiger partial charge in [0.1, 0.15) is 0 Å². The molecule has 0 aromatic rings. The molecule has 0 aliphatic heterocycles. The molecule has 0 saturated heterocycles. The Bertz CT molecular complexity index is 81.3.